The molecule has 1 N–H and O–H groups in total. The summed E-state index contributed by atoms with van der Waals surface area (Å²) in [5.74, 6) is 1.91. The molecule has 0 saturated carbocycles. The standard InChI is InChI=1S/C18H30N4OS.HI/c1-18(2,24-5)14-20-17(19-3)22-12-10-21(11-13-22)15-6-8-16(23-4)9-7-15;/h6-9H,10-14H2,1-5H3,(H,19,20);1H. The van der Waals surface area contributed by atoms with E-state index >= 15 is 0 Å². The van der Waals surface area contributed by atoms with Crippen molar-refractivity contribution in [3.63, 3.8) is 0 Å². The number of hydrogen-bond donors (Lipinski definition) is 1. The molecular weight excluding hydrogens is 447 g/mol. The predicted molar refractivity (Wildman–Crippen MR) is 121 cm³/mol. The maximum atomic E-state index is 5.23. The number of anilines is 1. The monoisotopic (exact) mass is 478 g/mol. The van der Waals surface area contributed by atoms with Crippen molar-refractivity contribution in [2.24, 2.45) is 4.99 Å². The molecular formula is C18H31IN4OS. The lowest BCUT2D eigenvalue weighted by Crippen LogP contribution is -2.54. The van der Waals surface area contributed by atoms with Crippen LogP contribution in [0.1, 0.15) is 13.8 Å². The molecule has 7 heteroatoms. The average molecular weight is 478 g/mol. The SMILES string of the molecule is CN=C(NCC(C)(C)SC)N1CCN(c2ccc(OC)cc2)CC1.I. The first-order chi connectivity index (χ1) is 11.5. The number of rotatable bonds is 5. The number of piperazine rings is 1. The van der Waals surface area contributed by atoms with Gasteiger partial charge in [-0.2, -0.15) is 11.8 Å². The highest BCUT2D eigenvalue weighted by Gasteiger charge is 2.22. The van der Waals surface area contributed by atoms with E-state index in [0.717, 1.165) is 44.4 Å². The van der Waals surface area contributed by atoms with Gasteiger partial charge in [0, 0.05) is 50.2 Å². The summed E-state index contributed by atoms with van der Waals surface area (Å²) in [6, 6.07) is 8.30. The van der Waals surface area contributed by atoms with Gasteiger partial charge in [-0.25, -0.2) is 0 Å². The molecule has 0 aliphatic carbocycles. The van der Waals surface area contributed by atoms with Crippen LogP contribution in [0.5, 0.6) is 5.75 Å². The highest BCUT2D eigenvalue weighted by atomic mass is 127. The van der Waals surface area contributed by atoms with Crippen LogP contribution in [0.15, 0.2) is 29.3 Å². The van der Waals surface area contributed by atoms with Gasteiger partial charge < -0.3 is 19.9 Å². The van der Waals surface area contributed by atoms with Crippen molar-refractivity contribution in [2.45, 2.75) is 18.6 Å². The Labute approximate surface area is 173 Å². The number of halogens is 1. The molecule has 0 spiro atoms. The smallest absolute Gasteiger partial charge is 0.193 e. The van der Waals surface area contributed by atoms with Crippen LogP contribution >= 0.6 is 35.7 Å². The van der Waals surface area contributed by atoms with Crippen molar-refractivity contribution in [1.29, 1.82) is 0 Å². The van der Waals surface area contributed by atoms with E-state index in [1.807, 2.05) is 30.9 Å². The van der Waals surface area contributed by atoms with Gasteiger partial charge in [0.1, 0.15) is 5.75 Å². The maximum absolute atomic E-state index is 5.23. The molecule has 0 atom stereocenters. The van der Waals surface area contributed by atoms with Crippen LogP contribution in [0.3, 0.4) is 0 Å². The second kappa shape index (κ2) is 10.4. The van der Waals surface area contributed by atoms with E-state index in [1.165, 1.54) is 5.69 Å². The minimum atomic E-state index is 0. The zero-order chi connectivity index (χ0) is 17.6. The van der Waals surface area contributed by atoms with E-state index < -0.39 is 0 Å². The first-order valence-corrected chi connectivity index (χ1v) is 9.61. The lowest BCUT2D eigenvalue weighted by Gasteiger charge is -2.38. The van der Waals surface area contributed by atoms with Crippen molar-refractivity contribution in [1.82, 2.24) is 10.2 Å². The Bertz CT molecular complexity index is 543. The lowest BCUT2D eigenvalue weighted by molar-refractivity contribution is 0.371. The average Bonchev–Trinajstić information content (AvgIpc) is 2.63. The summed E-state index contributed by atoms with van der Waals surface area (Å²) >= 11 is 1.87. The predicted octanol–water partition coefficient (Wildman–Crippen LogP) is 3.15. The van der Waals surface area contributed by atoms with Gasteiger partial charge in [0.05, 0.1) is 7.11 Å². The van der Waals surface area contributed by atoms with Crippen LogP contribution in [0.4, 0.5) is 5.69 Å². The van der Waals surface area contributed by atoms with Gasteiger partial charge in [0.15, 0.2) is 5.96 Å². The molecule has 0 amide bonds. The minimum absolute atomic E-state index is 0. The Balaban J connectivity index is 0.00000312. The normalized spacial score (nSPS) is 15.6. The van der Waals surface area contributed by atoms with E-state index in [0.29, 0.717) is 0 Å². The molecule has 0 radical (unpaired) electrons. The van der Waals surface area contributed by atoms with Gasteiger partial charge >= 0.3 is 0 Å². The molecule has 1 aromatic rings. The summed E-state index contributed by atoms with van der Waals surface area (Å²) in [6.45, 7) is 9.37. The van der Waals surface area contributed by atoms with Crippen molar-refractivity contribution in [3.8, 4) is 5.75 Å². The summed E-state index contributed by atoms with van der Waals surface area (Å²) in [5.41, 5.74) is 1.25. The van der Waals surface area contributed by atoms with Gasteiger partial charge in [-0.05, 0) is 44.4 Å². The third-order valence-corrected chi connectivity index (χ3v) is 5.70. The van der Waals surface area contributed by atoms with Gasteiger partial charge in [0.2, 0.25) is 0 Å². The molecule has 5 nitrogen and oxygen atoms in total. The fraction of sp³-hybridized carbons (Fsp3) is 0.611. The number of ether oxygens (including phenoxy) is 1. The van der Waals surface area contributed by atoms with Crippen LogP contribution in [0, 0.1) is 0 Å². The van der Waals surface area contributed by atoms with Crippen LogP contribution in [0.2, 0.25) is 0 Å². The largest absolute Gasteiger partial charge is 0.497 e. The van der Waals surface area contributed by atoms with Crippen LogP contribution in [-0.2, 0) is 0 Å². The molecule has 0 unspecified atom stereocenters. The third-order valence-electron chi connectivity index (χ3n) is 4.45. The highest BCUT2D eigenvalue weighted by molar-refractivity contribution is 14.0. The second-order valence-corrected chi connectivity index (χ2v) is 8.05. The fourth-order valence-electron chi connectivity index (χ4n) is 2.67. The molecule has 0 bridgehead atoms. The zero-order valence-electron chi connectivity index (χ0n) is 15.9. The quantitative estimate of drug-likeness (QED) is 0.400. The van der Waals surface area contributed by atoms with Crippen LogP contribution in [-0.4, -0.2) is 68.7 Å². The Hall–Kier alpha value is -0.830. The summed E-state index contributed by atoms with van der Waals surface area (Å²) in [7, 11) is 3.56. The van der Waals surface area contributed by atoms with Crippen molar-refractivity contribution in [3.05, 3.63) is 24.3 Å². The zero-order valence-corrected chi connectivity index (χ0v) is 19.1. The van der Waals surface area contributed by atoms with Crippen LogP contribution < -0.4 is 15.0 Å². The number of nitrogens with one attached hydrogen (secondary N) is 1. The molecule has 1 fully saturated rings. The van der Waals surface area contributed by atoms with Gasteiger partial charge in [-0.15, -0.1) is 24.0 Å². The maximum Gasteiger partial charge on any atom is 0.193 e. The molecule has 0 aromatic heterocycles. The topological polar surface area (TPSA) is 40.1 Å². The van der Waals surface area contributed by atoms with E-state index in [-0.39, 0.29) is 28.7 Å². The number of benzene rings is 1. The first-order valence-electron chi connectivity index (χ1n) is 8.39. The Morgan fingerprint density at radius 3 is 2.28 bits per heavy atom. The van der Waals surface area contributed by atoms with Crippen molar-refractivity contribution >= 4 is 47.4 Å². The number of hydrogen-bond acceptors (Lipinski definition) is 4. The fourth-order valence-corrected chi connectivity index (χ4v) is 2.88. The minimum Gasteiger partial charge on any atom is -0.497 e. The number of guanidine groups is 1. The molecule has 1 aliphatic rings. The summed E-state index contributed by atoms with van der Waals surface area (Å²) in [6.07, 6.45) is 2.15. The Morgan fingerprint density at radius 2 is 1.80 bits per heavy atom. The Morgan fingerprint density at radius 1 is 1.20 bits per heavy atom. The summed E-state index contributed by atoms with van der Waals surface area (Å²) < 4.78 is 5.44. The van der Waals surface area contributed by atoms with Gasteiger partial charge in [0.25, 0.3) is 0 Å². The molecule has 1 aliphatic heterocycles. The van der Waals surface area contributed by atoms with E-state index in [1.54, 1.807) is 7.11 Å². The summed E-state index contributed by atoms with van der Waals surface area (Å²) in [4.78, 5) is 9.21. The molecule has 1 heterocycles. The third kappa shape index (κ3) is 6.44. The van der Waals surface area contributed by atoms with E-state index in [4.69, 9.17) is 4.74 Å². The Kier molecular flexibility index (Phi) is 9.20. The number of thioether (sulfide) groups is 1. The highest BCUT2D eigenvalue weighted by Crippen LogP contribution is 2.21. The molecule has 142 valence electrons. The van der Waals surface area contributed by atoms with Crippen LogP contribution in [0.25, 0.3) is 0 Å². The first kappa shape index (κ1) is 22.2. The van der Waals surface area contributed by atoms with E-state index in [2.05, 4.69) is 52.3 Å². The number of nitrogens with zero attached hydrogens (tertiary/aromatic N) is 3. The summed E-state index contributed by atoms with van der Waals surface area (Å²) in [5, 5.41) is 3.52. The van der Waals surface area contributed by atoms with Crippen molar-refractivity contribution < 1.29 is 4.74 Å². The number of methoxy groups -OCH3 is 1. The molecule has 25 heavy (non-hydrogen) atoms. The molecule has 1 saturated heterocycles. The number of aliphatic imine (C=N–C) groups is 1. The van der Waals surface area contributed by atoms with Crippen molar-refractivity contribution in [2.75, 3.05) is 58.0 Å². The van der Waals surface area contributed by atoms with Gasteiger partial charge in [-0.1, -0.05) is 0 Å². The lowest BCUT2D eigenvalue weighted by atomic mass is 10.2. The van der Waals surface area contributed by atoms with Gasteiger partial charge in [-0.3, -0.25) is 4.99 Å². The molecule has 1 aromatic carbocycles. The van der Waals surface area contributed by atoms with E-state index in [9.17, 15) is 0 Å². The second-order valence-electron chi connectivity index (χ2n) is 6.54. The molecule has 2 rings (SSSR count).